The van der Waals surface area contributed by atoms with Crippen molar-refractivity contribution < 1.29 is 47.0 Å². The fourth-order valence-corrected chi connectivity index (χ4v) is 4.48. The predicted octanol–water partition coefficient (Wildman–Crippen LogP) is 3.05. The van der Waals surface area contributed by atoms with E-state index < -0.39 is 7.92 Å². The molecule has 0 aliphatic rings. The van der Waals surface area contributed by atoms with Gasteiger partial charge in [0.15, 0.2) is 0 Å². The zero-order valence-corrected chi connectivity index (χ0v) is 18.9. The van der Waals surface area contributed by atoms with Gasteiger partial charge < -0.3 is 0 Å². The summed E-state index contributed by atoms with van der Waals surface area (Å²) in [7, 11) is -0.446. The maximum absolute atomic E-state index is 8.77. The van der Waals surface area contributed by atoms with Crippen molar-refractivity contribution in [3.63, 3.8) is 0 Å². The number of hydrogen-bond acceptors (Lipinski definition) is 1. The van der Waals surface area contributed by atoms with Crippen molar-refractivity contribution in [2.75, 3.05) is 0 Å². The van der Waals surface area contributed by atoms with Gasteiger partial charge in [0, 0.05) is 0 Å². The van der Waals surface area contributed by atoms with Gasteiger partial charge in [-0.2, -0.15) is 0 Å². The Morgan fingerprint density at radius 1 is 0.591 bits per heavy atom. The Labute approximate surface area is 161 Å². The van der Waals surface area contributed by atoms with E-state index in [4.69, 9.17) is 4.79 Å². The largest absolute Gasteiger partial charge is 0.0622 e. The Kier molecular flexibility index (Phi) is 7.96. The van der Waals surface area contributed by atoms with Crippen LogP contribution >= 0.6 is 7.92 Å². The summed E-state index contributed by atoms with van der Waals surface area (Å²) in [6.45, 7) is 0. The minimum Gasteiger partial charge on any atom is -0.0622 e. The Balaban J connectivity index is 0.000000545. The molecule has 0 atom stereocenters. The van der Waals surface area contributed by atoms with E-state index in [0.29, 0.717) is 0 Å². The van der Waals surface area contributed by atoms with Crippen LogP contribution in [-0.4, -0.2) is 0.887 Å². The summed E-state index contributed by atoms with van der Waals surface area (Å²) in [4.78, 5) is 8.77. The molecular weight excluding hydrogens is 501 g/mol. The van der Waals surface area contributed by atoms with Crippen molar-refractivity contribution in [2.45, 2.75) is 0 Å². The molecule has 3 heteroatoms. The molecule has 0 bridgehead atoms. The van der Waals surface area contributed by atoms with E-state index in [1.807, 2.05) is 0 Å². The molecule has 0 radical (unpaired) electrons. The average Bonchev–Trinajstić information content (AvgIpc) is 2.59. The number of benzene rings is 3. The Bertz CT molecular complexity index is 614. The van der Waals surface area contributed by atoms with Gasteiger partial charge in [0.1, 0.15) is 0 Å². The van der Waals surface area contributed by atoms with Gasteiger partial charge in [0.25, 0.3) is 0 Å². The molecule has 104 valence electrons. The maximum atomic E-state index is 8.77. The zero-order chi connectivity index (χ0) is 15.6. The molecule has 22 heavy (non-hydrogen) atoms. The molecule has 0 aromatic heterocycles. The fourth-order valence-electron chi connectivity index (χ4n) is 2.18. The van der Waals surface area contributed by atoms with Crippen molar-refractivity contribution in [1.29, 1.82) is 0 Å². The Morgan fingerprint density at radius 2 is 0.818 bits per heavy atom. The van der Waals surface area contributed by atoms with E-state index in [9.17, 15) is 0 Å². The van der Waals surface area contributed by atoms with E-state index in [0.717, 1.165) is 0 Å². The maximum Gasteiger partial charge on any atom is -0.0134 e. The second-order valence-electron chi connectivity index (χ2n) is 4.49. The molecule has 0 unspecified atom stereocenters. The first-order chi connectivity index (χ1) is 10.9. The molecule has 0 spiro atoms. The smallest absolute Gasteiger partial charge is 0.0134 e. The van der Waals surface area contributed by atoms with Crippen LogP contribution in [0.1, 0.15) is 0 Å². The van der Waals surface area contributed by atoms with Crippen molar-refractivity contribution in [1.82, 2.24) is 0 Å². The van der Waals surface area contributed by atoms with Gasteiger partial charge in [0.05, 0.1) is 0 Å². The standard InChI is InChI=1S/C18H15P.CO.Ra/c1-4-10-16(11-5-1)19(17-12-6-2-7-13-17)18-14-8-3-9-15-18;1-2;/h1-15H;;. The van der Waals surface area contributed by atoms with Crippen molar-refractivity contribution >= 4 is 24.7 Å². The molecule has 0 heterocycles. The molecule has 0 saturated carbocycles. The van der Waals surface area contributed by atoms with Crippen molar-refractivity contribution in [2.24, 2.45) is 0 Å². The number of carbonyl (C=O) groups excluding carboxylic acids is 1. The monoisotopic (exact) mass is 516 g/mol. The fraction of sp³-hybridized carbons (Fsp3) is 0. The summed E-state index contributed by atoms with van der Waals surface area (Å²) in [6.07, 6.45) is 0. The molecule has 3 aromatic carbocycles. The third kappa shape index (κ3) is 5.10. The molecular formula is C19H15OPRa. The van der Waals surface area contributed by atoms with Crippen LogP contribution in [-0.2, 0) is 4.79 Å². The second kappa shape index (κ2) is 10.0. The summed E-state index contributed by atoms with van der Waals surface area (Å²) >= 11 is 0.181. The molecule has 3 rings (SSSR count). The number of hydrogen-bond donors (Lipinski definition) is 0. The summed E-state index contributed by atoms with van der Waals surface area (Å²) in [5.41, 5.74) is 0. The second-order valence-corrected chi connectivity index (χ2v) is 7.89. The molecule has 0 saturated heterocycles. The predicted molar refractivity (Wildman–Crippen MR) is 90.8 cm³/mol. The van der Waals surface area contributed by atoms with Crippen LogP contribution in [0, 0.1) is 42.3 Å². The van der Waals surface area contributed by atoms with Crippen LogP contribution < -0.4 is 15.9 Å². The molecule has 3 aromatic rings. The number of rotatable bonds is 3. The molecule has 1 nitrogen and oxygen atoms in total. The van der Waals surface area contributed by atoms with Gasteiger partial charge in [-0.05, 0) is 23.8 Å². The SMILES string of the molecule is O=[C]=[Ra].c1ccc(P(c2ccccc2)c2ccccc2)cc1. The normalized spacial score (nSPS) is 9.59. The van der Waals surface area contributed by atoms with Crippen LogP contribution in [0.4, 0.5) is 0 Å². The summed E-state index contributed by atoms with van der Waals surface area (Å²) in [5.74, 6) is 0. The van der Waals surface area contributed by atoms with Crippen LogP contribution in [0.25, 0.3) is 0 Å². The van der Waals surface area contributed by atoms with Crippen LogP contribution in [0.15, 0.2) is 91.0 Å². The van der Waals surface area contributed by atoms with Gasteiger partial charge in [-0.3, -0.25) is 0 Å². The third-order valence-electron chi connectivity index (χ3n) is 3.04. The molecule has 0 aliphatic heterocycles. The summed E-state index contributed by atoms with van der Waals surface area (Å²) < 4.78 is 1.71. The van der Waals surface area contributed by atoms with E-state index >= 15 is 0 Å². The zero-order valence-electron chi connectivity index (χ0n) is 12.2. The molecule has 0 fully saturated rings. The van der Waals surface area contributed by atoms with Crippen LogP contribution in [0.5, 0.6) is 0 Å². The first kappa shape index (κ1) is 17.5. The van der Waals surface area contributed by atoms with E-state index in [1.54, 1.807) is 0.887 Å². The van der Waals surface area contributed by atoms with Gasteiger partial charge in [-0.15, -0.1) is 0 Å². The summed E-state index contributed by atoms with van der Waals surface area (Å²) in [6, 6.07) is 32.3. The first-order valence-electron chi connectivity index (χ1n) is 6.96. The quantitative estimate of drug-likeness (QED) is 0.490. The van der Waals surface area contributed by atoms with Crippen LogP contribution in [0.2, 0.25) is 0 Å². The Hall–Kier alpha value is -0.862. The molecule has 0 N–H and O–H groups in total. The van der Waals surface area contributed by atoms with Gasteiger partial charge >= 0.3 is 47.9 Å². The average molecular weight is 516 g/mol. The van der Waals surface area contributed by atoms with Gasteiger partial charge in [-0.25, -0.2) is 0 Å². The van der Waals surface area contributed by atoms with Crippen molar-refractivity contribution in [3.8, 4) is 0 Å². The minimum atomic E-state index is -0.446. The summed E-state index contributed by atoms with van der Waals surface area (Å²) in [5, 5.41) is 4.19. The topological polar surface area (TPSA) is 17.1 Å². The van der Waals surface area contributed by atoms with Gasteiger partial charge in [0.2, 0.25) is 0 Å². The van der Waals surface area contributed by atoms with Gasteiger partial charge in [-0.1, -0.05) is 91.0 Å². The molecule has 0 aliphatic carbocycles. The first-order valence-corrected chi connectivity index (χ1v) is 11.2. The van der Waals surface area contributed by atoms with E-state index in [1.165, 1.54) is 15.9 Å². The minimum absolute atomic E-state index is 0.181. The van der Waals surface area contributed by atoms with E-state index in [-0.39, 0.29) is 42.3 Å². The Morgan fingerprint density at radius 3 is 1.05 bits per heavy atom. The van der Waals surface area contributed by atoms with Crippen molar-refractivity contribution in [3.05, 3.63) is 91.0 Å². The molecule has 0 amide bonds. The van der Waals surface area contributed by atoms with E-state index in [2.05, 4.69) is 91.0 Å². The van der Waals surface area contributed by atoms with Crippen LogP contribution in [0.3, 0.4) is 0 Å². The third-order valence-corrected chi connectivity index (χ3v) is 5.49.